The van der Waals surface area contributed by atoms with Crippen molar-refractivity contribution in [3.63, 3.8) is 0 Å². The molecule has 3 fully saturated rings. The van der Waals surface area contributed by atoms with Gasteiger partial charge in [0.2, 0.25) is 10.0 Å². The first-order chi connectivity index (χ1) is 18.6. The normalized spacial score (nSPS) is 22.7. The molecule has 5 heterocycles. The molecule has 0 bridgehead atoms. The van der Waals surface area contributed by atoms with Gasteiger partial charge in [-0.05, 0) is 25.0 Å². The minimum absolute atomic E-state index is 0.0526. The molecule has 1 aromatic carbocycles. The quantitative estimate of drug-likeness (QED) is 0.398. The molecule has 0 radical (unpaired) electrons. The number of anilines is 3. The van der Waals surface area contributed by atoms with Crippen molar-refractivity contribution in [2.45, 2.75) is 42.1 Å². The lowest BCUT2D eigenvalue weighted by molar-refractivity contribution is -0.229. The van der Waals surface area contributed by atoms with Gasteiger partial charge in [0, 0.05) is 56.7 Å². The Hall–Kier alpha value is -3.07. The number of ether oxygens (including phenoxy) is 2. The van der Waals surface area contributed by atoms with Crippen LogP contribution in [-0.2, 0) is 20.9 Å². The fourth-order valence-electron chi connectivity index (χ4n) is 5.68. The molecule has 3 aliphatic rings. The second kappa shape index (κ2) is 9.54. The van der Waals surface area contributed by atoms with Crippen LogP contribution in [-0.4, -0.2) is 86.2 Å². The minimum Gasteiger partial charge on any atom is -0.495 e. The topological polar surface area (TPSA) is 112 Å². The number of aromatic nitrogens is 2. The van der Waals surface area contributed by atoms with Crippen LogP contribution in [0.1, 0.15) is 18.4 Å². The minimum atomic E-state index is -4.54. The van der Waals surface area contributed by atoms with Crippen molar-refractivity contribution in [3.8, 4) is 5.75 Å². The Morgan fingerprint density at radius 1 is 1.18 bits per heavy atom. The third-order valence-corrected chi connectivity index (χ3v) is 9.80. The number of alkyl halides is 3. The number of rotatable bonds is 7. The summed E-state index contributed by atoms with van der Waals surface area (Å²) in [5.74, 6) is 0.515. The molecule has 3 N–H and O–H groups in total. The summed E-state index contributed by atoms with van der Waals surface area (Å²) in [4.78, 5) is 9.40. The van der Waals surface area contributed by atoms with Gasteiger partial charge in [-0.2, -0.15) is 17.5 Å². The number of methoxy groups -OCH3 is 1. The van der Waals surface area contributed by atoms with Gasteiger partial charge >= 0.3 is 6.18 Å². The summed E-state index contributed by atoms with van der Waals surface area (Å²) >= 11 is 0. The van der Waals surface area contributed by atoms with Crippen LogP contribution < -0.4 is 15.4 Å². The van der Waals surface area contributed by atoms with E-state index in [1.807, 2.05) is 0 Å². The monoisotopic (exact) mass is 566 g/mol. The van der Waals surface area contributed by atoms with Gasteiger partial charge in [-0.3, -0.25) is 4.90 Å². The molecule has 3 aliphatic heterocycles. The molecule has 10 nitrogen and oxygen atoms in total. The molecule has 2 atom stereocenters. The maximum Gasteiger partial charge on any atom is 0.418 e. The summed E-state index contributed by atoms with van der Waals surface area (Å²) in [7, 11) is -0.794. The highest BCUT2D eigenvalue weighted by atomic mass is 32.2. The molecule has 0 amide bonds. The average Bonchev–Trinajstić information content (AvgIpc) is 3.35. The zero-order valence-corrected chi connectivity index (χ0v) is 22.2. The zero-order valence-electron chi connectivity index (χ0n) is 21.4. The number of halogens is 3. The lowest BCUT2D eigenvalue weighted by Crippen LogP contribution is -2.73. The largest absolute Gasteiger partial charge is 0.495 e. The summed E-state index contributed by atoms with van der Waals surface area (Å²) < 4.78 is 79.6. The van der Waals surface area contributed by atoms with Crippen LogP contribution in [0.15, 0.2) is 35.4 Å². The van der Waals surface area contributed by atoms with Crippen molar-refractivity contribution in [2.75, 3.05) is 51.0 Å². The van der Waals surface area contributed by atoms with Crippen molar-refractivity contribution in [2.24, 2.45) is 0 Å². The SMILES string of the molecule is CNc1cc(Nc2ccc(S(=O)(=O)N3CCC(N4CC5OC[C@H]54)CC3)cc2OC)nc2[nH]cc(C(F)(F)F)c12. The standard InChI is InChI=1S/C25H29F3N6O4S/c1-29-18-10-22(32-24-23(18)16(11-30-24)25(26,27)28)31-17-4-3-15(9-20(17)37-2)39(35,36)33-7-5-14(6-8-33)34-12-21-19(34)13-38-21/h3-4,9-11,14,19,21H,5-8,12-13H2,1-2H3,(H3,29,30,31,32)/t19-,21?/m1/s1. The Morgan fingerprint density at radius 3 is 2.54 bits per heavy atom. The number of benzene rings is 1. The lowest BCUT2D eigenvalue weighted by Gasteiger charge is -2.58. The summed E-state index contributed by atoms with van der Waals surface area (Å²) in [5.41, 5.74) is -0.113. The Balaban J connectivity index is 1.20. The summed E-state index contributed by atoms with van der Waals surface area (Å²) in [6.07, 6.45) is -1.75. The number of hydrogen-bond acceptors (Lipinski definition) is 8. The van der Waals surface area contributed by atoms with Gasteiger partial charge in [0.05, 0.1) is 47.4 Å². The molecular weight excluding hydrogens is 537 g/mol. The summed E-state index contributed by atoms with van der Waals surface area (Å²) in [6.45, 7) is 2.58. The van der Waals surface area contributed by atoms with Gasteiger partial charge in [0.25, 0.3) is 0 Å². The Bertz CT molecular complexity index is 1500. The van der Waals surface area contributed by atoms with E-state index in [1.165, 1.54) is 36.7 Å². The van der Waals surface area contributed by atoms with Gasteiger partial charge in [-0.15, -0.1) is 0 Å². The van der Waals surface area contributed by atoms with E-state index in [0.717, 1.165) is 32.2 Å². The first-order valence-electron chi connectivity index (χ1n) is 12.7. The molecule has 210 valence electrons. The van der Waals surface area contributed by atoms with Crippen LogP contribution in [0.25, 0.3) is 11.0 Å². The molecule has 14 heteroatoms. The van der Waals surface area contributed by atoms with Crippen molar-refractivity contribution >= 4 is 38.2 Å². The highest BCUT2D eigenvalue weighted by molar-refractivity contribution is 7.89. The molecule has 0 aliphatic carbocycles. The number of nitrogens with zero attached hydrogens (tertiary/aromatic N) is 3. The van der Waals surface area contributed by atoms with Gasteiger partial charge in [-0.25, -0.2) is 13.4 Å². The lowest BCUT2D eigenvalue weighted by atomic mass is 9.89. The maximum absolute atomic E-state index is 13.4. The number of likely N-dealkylation sites (tertiary alicyclic amines) is 1. The maximum atomic E-state index is 13.4. The van der Waals surface area contributed by atoms with E-state index < -0.39 is 21.8 Å². The summed E-state index contributed by atoms with van der Waals surface area (Å²) in [6, 6.07) is 6.83. The fraction of sp³-hybridized carbons (Fsp3) is 0.480. The predicted octanol–water partition coefficient (Wildman–Crippen LogP) is 3.61. The highest BCUT2D eigenvalue weighted by Crippen LogP contribution is 2.40. The molecule has 1 unspecified atom stereocenters. The van der Waals surface area contributed by atoms with Gasteiger partial charge in [-0.1, -0.05) is 0 Å². The van der Waals surface area contributed by atoms with Crippen molar-refractivity contribution in [3.05, 3.63) is 36.0 Å². The van der Waals surface area contributed by atoms with Crippen LogP contribution in [0.3, 0.4) is 0 Å². The van der Waals surface area contributed by atoms with Gasteiger partial charge in [0.15, 0.2) is 0 Å². The second-order valence-electron chi connectivity index (χ2n) is 9.99. The van der Waals surface area contributed by atoms with E-state index in [9.17, 15) is 21.6 Å². The number of nitrogens with one attached hydrogen (secondary N) is 3. The molecule has 3 saturated heterocycles. The molecular formula is C25H29F3N6O4S. The summed E-state index contributed by atoms with van der Waals surface area (Å²) in [5, 5.41) is 5.76. The van der Waals surface area contributed by atoms with Crippen molar-refractivity contribution in [1.29, 1.82) is 0 Å². The highest BCUT2D eigenvalue weighted by Gasteiger charge is 2.50. The molecule has 39 heavy (non-hydrogen) atoms. The molecule has 2 aromatic heterocycles. The molecule has 0 spiro atoms. The van der Waals surface area contributed by atoms with Crippen LogP contribution in [0.2, 0.25) is 0 Å². The Kier molecular flexibility index (Phi) is 6.40. The number of H-pyrrole nitrogens is 1. The Labute approximate surface area is 223 Å². The number of pyridine rings is 1. The number of piperidine rings is 1. The number of aromatic amines is 1. The van der Waals surface area contributed by atoms with E-state index in [1.54, 1.807) is 6.07 Å². The number of fused-ring (bicyclic) bond motifs is 2. The van der Waals surface area contributed by atoms with E-state index in [2.05, 4.69) is 25.5 Å². The van der Waals surface area contributed by atoms with Crippen LogP contribution in [0, 0.1) is 0 Å². The second-order valence-corrected chi connectivity index (χ2v) is 11.9. The van der Waals surface area contributed by atoms with E-state index >= 15 is 0 Å². The van der Waals surface area contributed by atoms with Crippen LogP contribution in [0.4, 0.5) is 30.4 Å². The van der Waals surface area contributed by atoms with E-state index in [4.69, 9.17) is 9.47 Å². The van der Waals surface area contributed by atoms with E-state index in [-0.39, 0.29) is 33.2 Å². The average molecular weight is 567 g/mol. The smallest absolute Gasteiger partial charge is 0.418 e. The van der Waals surface area contributed by atoms with E-state index in [0.29, 0.717) is 37.0 Å². The number of hydrogen-bond donors (Lipinski definition) is 3. The molecule has 6 rings (SSSR count). The first-order valence-corrected chi connectivity index (χ1v) is 14.1. The first kappa shape index (κ1) is 26.2. The fourth-order valence-corrected chi connectivity index (χ4v) is 7.17. The van der Waals surface area contributed by atoms with Crippen LogP contribution >= 0.6 is 0 Å². The zero-order chi connectivity index (χ0) is 27.5. The van der Waals surface area contributed by atoms with Gasteiger partial charge < -0.3 is 25.1 Å². The van der Waals surface area contributed by atoms with Crippen molar-refractivity contribution in [1.82, 2.24) is 19.2 Å². The molecule has 3 aromatic rings. The number of morpholine rings is 1. The third-order valence-electron chi connectivity index (χ3n) is 7.91. The third kappa shape index (κ3) is 4.48. The number of sulfonamides is 1. The Morgan fingerprint density at radius 2 is 1.95 bits per heavy atom. The van der Waals surface area contributed by atoms with Crippen molar-refractivity contribution < 1.29 is 31.1 Å². The predicted molar refractivity (Wildman–Crippen MR) is 139 cm³/mol. The van der Waals surface area contributed by atoms with Crippen LogP contribution in [0.5, 0.6) is 5.75 Å². The molecule has 0 saturated carbocycles. The van der Waals surface area contributed by atoms with Gasteiger partial charge in [0.1, 0.15) is 17.2 Å².